The van der Waals surface area contributed by atoms with Gasteiger partial charge in [0.15, 0.2) is 0 Å². The summed E-state index contributed by atoms with van der Waals surface area (Å²) < 4.78 is 0. The van der Waals surface area contributed by atoms with E-state index in [9.17, 15) is 4.79 Å². The van der Waals surface area contributed by atoms with Crippen molar-refractivity contribution in [1.82, 2.24) is 4.98 Å². The lowest BCUT2D eigenvalue weighted by Crippen LogP contribution is -2.06. The topological polar surface area (TPSA) is 32.9 Å². The zero-order chi connectivity index (χ0) is 13.7. The molecule has 2 rings (SSSR count). The van der Waals surface area contributed by atoms with Crippen molar-refractivity contribution < 1.29 is 4.79 Å². The van der Waals surface area contributed by atoms with Crippen LogP contribution >= 0.6 is 0 Å². The summed E-state index contributed by atoms with van der Waals surface area (Å²) in [5, 5.41) is 1.24. The molecule has 1 N–H and O–H groups in total. The summed E-state index contributed by atoms with van der Waals surface area (Å²) in [4.78, 5) is 15.2. The second-order valence-corrected chi connectivity index (χ2v) is 5.01. The van der Waals surface area contributed by atoms with Gasteiger partial charge in [-0.15, -0.1) is 6.58 Å². The standard InChI is InChI=1S/C17H21NO/c1-3-7-13(11-14(19)8-4-2)16-12-18-17-10-6-5-9-15(16)17/h4-6,9-10,12-13,18H,2-3,7-8,11H2,1H3/t13-/m1/s1. The Labute approximate surface area is 114 Å². The Balaban J connectivity index is 2.27. The largest absolute Gasteiger partial charge is 0.361 e. The first-order valence-electron chi connectivity index (χ1n) is 6.94. The highest BCUT2D eigenvalue weighted by atomic mass is 16.1. The number of rotatable bonds is 7. The van der Waals surface area contributed by atoms with Crippen LogP contribution in [0.1, 0.15) is 44.1 Å². The van der Waals surface area contributed by atoms with Crippen molar-refractivity contribution in [2.24, 2.45) is 0 Å². The maximum atomic E-state index is 11.9. The van der Waals surface area contributed by atoms with E-state index in [2.05, 4.69) is 36.8 Å². The smallest absolute Gasteiger partial charge is 0.137 e. The van der Waals surface area contributed by atoms with Crippen LogP contribution in [0.2, 0.25) is 0 Å². The number of fused-ring (bicyclic) bond motifs is 1. The Bertz CT molecular complexity index is 567. The number of aromatic amines is 1. The van der Waals surface area contributed by atoms with Crippen LogP contribution < -0.4 is 0 Å². The van der Waals surface area contributed by atoms with Crippen LogP contribution in [0.15, 0.2) is 43.1 Å². The van der Waals surface area contributed by atoms with Crippen LogP contribution in [0.3, 0.4) is 0 Å². The van der Waals surface area contributed by atoms with Gasteiger partial charge in [0, 0.05) is 29.9 Å². The molecule has 0 bridgehead atoms. The SMILES string of the molecule is C=CCC(=O)C[C@@H](CCC)c1c[nH]c2ccccc12. The maximum absolute atomic E-state index is 11.9. The van der Waals surface area contributed by atoms with Crippen molar-refractivity contribution in [2.45, 2.75) is 38.5 Å². The third kappa shape index (κ3) is 3.14. The van der Waals surface area contributed by atoms with Gasteiger partial charge in [-0.25, -0.2) is 0 Å². The van der Waals surface area contributed by atoms with Gasteiger partial charge in [-0.3, -0.25) is 4.79 Å². The molecule has 0 unspecified atom stereocenters. The fourth-order valence-corrected chi connectivity index (χ4v) is 2.67. The van der Waals surface area contributed by atoms with Gasteiger partial charge in [0.1, 0.15) is 5.78 Å². The molecule has 1 heterocycles. The first kappa shape index (κ1) is 13.6. The van der Waals surface area contributed by atoms with Crippen molar-refractivity contribution >= 4 is 16.7 Å². The van der Waals surface area contributed by atoms with Crippen LogP contribution in [0.4, 0.5) is 0 Å². The molecule has 100 valence electrons. The molecule has 1 atom stereocenters. The summed E-state index contributed by atoms with van der Waals surface area (Å²) in [6, 6.07) is 8.28. The normalized spacial score (nSPS) is 12.5. The van der Waals surface area contributed by atoms with Gasteiger partial charge in [0.25, 0.3) is 0 Å². The first-order chi connectivity index (χ1) is 9.26. The van der Waals surface area contributed by atoms with Gasteiger partial charge in [0.05, 0.1) is 0 Å². The molecule has 2 aromatic rings. The first-order valence-corrected chi connectivity index (χ1v) is 6.94. The van der Waals surface area contributed by atoms with Crippen molar-refractivity contribution in [3.05, 3.63) is 48.7 Å². The maximum Gasteiger partial charge on any atom is 0.137 e. The highest BCUT2D eigenvalue weighted by Crippen LogP contribution is 2.31. The number of para-hydroxylation sites is 1. The molecular formula is C17H21NO. The van der Waals surface area contributed by atoms with Crippen LogP contribution in [0.5, 0.6) is 0 Å². The van der Waals surface area contributed by atoms with E-state index in [0.29, 0.717) is 18.8 Å². The third-order valence-electron chi connectivity index (χ3n) is 3.54. The van der Waals surface area contributed by atoms with E-state index >= 15 is 0 Å². The number of carbonyl (C=O) groups is 1. The summed E-state index contributed by atoms with van der Waals surface area (Å²) in [5.74, 6) is 0.590. The summed E-state index contributed by atoms with van der Waals surface area (Å²) in [5.41, 5.74) is 2.42. The van der Waals surface area contributed by atoms with Crippen molar-refractivity contribution in [1.29, 1.82) is 0 Å². The molecule has 2 heteroatoms. The number of benzene rings is 1. The second kappa shape index (κ2) is 6.37. The number of H-pyrrole nitrogens is 1. The molecule has 1 aromatic carbocycles. The molecule has 0 amide bonds. The number of aromatic nitrogens is 1. The molecule has 0 saturated heterocycles. The lowest BCUT2D eigenvalue weighted by Gasteiger charge is -2.14. The average Bonchev–Trinajstić information content (AvgIpc) is 2.82. The highest BCUT2D eigenvalue weighted by molar-refractivity contribution is 5.85. The molecule has 2 nitrogen and oxygen atoms in total. The lowest BCUT2D eigenvalue weighted by atomic mass is 9.89. The van der Waals surface area contributed by atoms with Gasteiger partial charge in [0.2, 0.25) is 0 Å². The Morgan fingerprint density at radius 1 is 1.42 bits per heavy atom. The number of hydrogen-bond acceptors (Lipinski definition) is 1. The number of nitrogens with one attached hydrogen (secondary N) is 1. The summed E-state index contributed by atoms with van der Waals surface area (Å²) in [6.45, 7) is 5.81. The number of carbonyl (C=O) groups excluding carboxylic acids is 1. The number of ketones is 1. The van der Waals surface area contributed by atoms with E-state index in [1.165, 1.54) is 10.9 Å². The number of hydrogen-bond donors (Lipinski definition) is 1. The van der Waals surface area contributed by atoms with Gasteiger partial charge in [-0.2, -0.15) is 0 Å². The monoisotopic (exact) mass is 255 g/mol. The van der Waals surface area contributed by atoms with E-state index < -0.39 is 0 Å². The Morgan fingerprint density at radius 2 is 2.21 bits per heavy atom. The van der Waals surface area contributed by atoms with E-state index in [1.807, 2.05) is 12.1 Å². The molecule has 0 saturated carbocycles. The van der Waals surface area contributed by atoms with Crippen LogP contribution in [-0.4, -0.2) is 10.8 Å². The zero-order valence-electron chi connectivity index (χ0n) is 11.5. The summed E-state index contributed by atoms with van der Waals surface area (Å²) in [7, 11) is 0. The van der Waals surface area contributed by atoms with Crippen molar-refractivity contribution in [3.8, 4) is 0 Å². The predicted molar refractivity (Wildman–Crippen MR) is 80.4 cm³/mol. The predicted octanol–water partition coefficient (Wildman–Crippen LogP) is 4.59. The average molecular weight is 255 g/mol. The Hall–Kier alpha value is -1.83. The molecule has 0 spiro atoms. The quantitative estimate of drug-likeness (QED) is 0.721. The highest BCUT2D eigenvalue weighted by Gasteiger charge is 2.17. The van der Waals surface area contributed by atoms with Gasteiger partial charge >= 0.3 is 0 Å². The van der Waals surface area contributed by atoms with Gasteiger partial charge < -0.3 is 4.98 Å². The van der Waals surface area contributed by atoms with Crippen LogP contribution in [0, 0.1) is 0 Å². The van der Waals surface area contributed by atoms with Crippen molar-refractivity contribution in [2.75, 3.05) is 0 Å². The second-order valence-electron chi connectivity index (χ2n) is 5.01. The van der Waals surface area contributed by atoms with E-state index in [-0.39, 0.29) is 5.78 Å². The number of allylic oxidation sites excluding steroid dienone is 1. The zero-order valence-corrected chi connectivity index (χ0v) is 11.5. The van der Waals surface area contributed by atoms with Crippen molar-refractivity contribution in [3.63, 3.8) is 0 Å². The van der Waals surface area contributed by atoms with E-state index in [1.54, 1.807) is 6.08 Å². The number of Topliss-reactive ketones (excluding diaryl/α,β-unsaturated/α-hetero) is 1. The summed E-state index contributed by atoms with van der Waals surface area (Å²) in [6.07, 6.45) is 6.98. The van der Waals surface area contributed by atoms with Crippen LogP contribution in [0.25, 0.3) is 10.9 Å². The molecule has 1 aromatic heterocycles. The minimum atomic E-state index is 0.277. The minimum absolute atomic E-state index is 0.277. The Morgan fingerprint density at radius 3 is 2.95 bits per heavy atom. The molecule has 0 radical (unpaired) electrons. The molecular weight excluding hydrogens is 234 g/mol. The Kier molecular flexibility index (Phi) is 4.56. The molecule has 0 aliphatic heterocycles. The van der Waals surface area contributed by atoms with Gasteiger partial charge in [-0.1, -0.05) is 37.6 Å². The third-order valence-corrected chi connectivity index (χ3v) is 3.54. The fraction of sp³-hybridized carbons (Fsp3) is 0.353. The molecule has 0 fully saturated rings. The lowest BCUT2D eigenvalue weighted by molar-refractivity contribution is -0.118. The van der Waals surface area contributed by atoms with Crippen LogP contribution in [-0.2, 0) is 4.79 Å². The molecule has 0 aliphatic carbocycles. The van der Waals surface area contributed by atoms with E-state index in [0.717, 1.165) is 18.4 Å². The fourth-order valence-electron chi connectivity index (χ4n) is 2.67. The minimum Gasteiger partial charge on any atom is -0.361 e. The molecule has 19 heavy (non-hydrogen) atoms. The molecule has 0 aliphatic rings. The summed E-state index contributed by atoms with van der Waals surface area (Å²) >= 11 is 0. The van der Waals surface area contributed by atoms with E-state index in [4.69, 9.17) is 0 Å². The van der Waals surface area contributed by atoms with Gasteiger partial charge in [-0.05, 0) is 24.0 Å².